The van der Waals surface area contributed by atoms with E-state index in [9.17, 15) is 4.39 Å². The van der Waals surface area contributed by atoms with Gasteiger partial charge in [0.25, 0.3) is 0 Å². The Morgan fingerprint density at radius 2 is 1.96 bits per heavy atom. The standard InChI is InChI=1S/C18H30FNO2Si/c1-18(2,3)23(4,5)22-17-12-21-11-14(17)16(20)10-13-8-6-7-9-15(13)19/h6-9,14,16-17H,10-12,20H2,1-5H3/t14-,16?,17-/m1/s1. The van der Waals surface area contributed by atoms with Crippen LogP contribution in [0.5, 0.6) is 0 Å². The molecule has 0 spiro atoms. The van der Waals surface area contributed by atoms with Gasteiger partial charge in [0.2, 0.25) is 0 Å². The molecule has 1 heterocycles. The molecule has 0 aliphatic carbocycles. The Balaban J connectivity index is 2.05. The van der Waals surface area contributed by atoms with E-state index < -0.39 is 8.32 Å². The SMILES string of the molecule is CC(C)(C)[Si](C)(C)O[C@@H]1COC[C@@H]1C(N)Cc1ccccc1F. The molecule has 0 aromatic heterocycles. The van der Waals surface area contributed by atoms with E-state index in [2.05, 4.69) is 33.9 Å². The fraction of sp³-hybridized carbons (Fsp3) is 0.667. The maximum Gasteiger partial charge on any atom is 0.192 e. The lowest BCUT2D eigenvalue weighted by Crippen LogP contribution is -2.49. The summed E-state index contributed by atoms with van der Waals surface area (Å²) in [6.45, 7) is 12.3. The van der Waals surface area contributed by atoms with Crippen LogP contribution in [0.25, 0.3) is 0 Å². The smallest absolute Gasteiger partial charge is 0.192 e. The number of ether oxygens (including phenoxy) is 1. The minimum atomic E-state index is -1.87. The molecule has 3 nitrogen and oxygen atoms in total. The Kier molecular flexibility index (Phi) is 5.66. The normalized spacial score (nSPS) is 24.0. The summed E-state index contributed by atoms with van der Waals surface area (Å²) < 4.78 is 26.0. The van der Waals surface area contributed by atoms with Crippen LogP contribution in [0.15, 0.2) is 24.3 Å². The molecule has 0 saturated carbocycles. The predicted molar refractivity (Wildman–Crippen MR) is 94.5 cm³/mol. The lowest BCUT2D eigenvalue weighted by atomic mass is 9.92. The first kappa shape index (κ1) is 18.6. The Morgan fingerprint density at radius 3 is 2.57 bits per heavy atom. The molecule has 130 valence electrons. The van der Waals surface area contributed by atoms with Gasteiger partial charge in [0.1, 0.15) is 5.82 Å². The molecule has 3 atom stereocenters. The van der Waals surface area contributed by atoms with E-state index in [0.29, 0.717) is 25.2 Å². The van der Waals surface area contributed by atoms with Gasteiger partial charge in [-0.2, -0.15) is 0 Å². The van der Waals surface area contributed by atoms with E-state index in [1.54, 1.807) is 12.1 Å². The summed E-state index contributed by atoms with van der Waals surface area (Å²) in [4.78, 5) is 0. The molecule has 1 aliphatic rings. The molecule has 1 saturated heterocycles. The van der Waals surface area contributed by atoms with Crippen molar-refractivity contribution in [1.29, 1.82) is 0 Å². The zero-order chi connectivity index (χ0) is 17.3. The van der Waals surface area contributed by atoms with Crippen LogP contribution in [0, 0.1) is 11.7 Å². The highest BCUT2D eigenvalue weighted by molar-refractivity contribution is 6.74. The third-order valence-corrected chi connectivity index (χ3v) is 9.79. The monoisotopic (exact) mass is 339 g/mol. The van der Waals surface area contributed by atoms with E-state index >= 15 is 0 Å². The molecule has 2 N–H and O–H groups in total. The highest BCUT2D eigenvalue weighted by Gasteiger charge is 2.43. The number of halogens is 1. The predicted octanol–water partition coefficient (Wildman–Crippen LogP) is 3.73. The zero-order valence-corrected chi connectivity index (χ0v) is 15.9. The van der Waals surface area contributed by atoms with Crippen molar-refractivity contribution in [1.82, 2.24) is 0 Å². The highest BCUT2D eigenvalue weighted by Crippen LogP contribution is 2.39. The minimum absolute atomic E-state index is 0.0117. The van der Waals surface area contributed by atoms with Crippen molar-refractivity contribution in [2.75, 3.05) is 13.2 Å². The summed E-state index contributed by atoms with van der Waals surface area (Å²) in [5.41, 5.74) is 7.05. The largest absolute Gasteiger partial charge is 0.411 e. The van der Waals surface area contributed by atoms with Crippen molar-refractivity contribution < 1.29 is 13.6 Å². The second kappa shape index (κ2) is 7.01. The van der Waals surface area contributed by atoms with Gasteiger partial charge in [0, 0.05) is 12.0 Å². The highest BCUT2D eigenvalue weighted by atomic mass is 28.4. The third-order valence-electron chi connectivity index (χ3n) is 5.29. The summed E-state index contributed by atoms with van der Waals surface area (Å²) in [5.74, 6) is -0.0764. The molecule has 0 bridgehead atoms. The van der Waals surface area contributed by atoms with Crippen molar-refractivity contribution in [3.05, 3.63) is 35.6 Å². The number of hydrogen-bond donors (Lipinski definition) is 1. The first-order chi connectivity index (χ1) is 10.6. The van der Waals surface area contributed by atoms with Crippen LogP contribution in [0.2, 0.25) is 18.1 Å². The van der Waals surface area contributed by atoms with Gasteiger partial charge < -0.3 is 14.9 Å². The van der Waals surface area contributed by atoms with Crippen molar-refractivity contribution in [2.24, 2.45) is 11.7 Å². The van der Waals surface area contributed by atoms with Crippen molar-refractivity contribution in [3.8, 4) is 0 Å². The van der Waals surface area contributed by atoms with Gasteiger partial charge in [-0.25, -0.2) is 4.39 Å². The molecule has 2 rings (SSSR count). The fourth-order valence-electron chi connectivity index (χ4n) is 2.70. The molecule has 23 heavy (non-hydrogen) atoms. The molecule has 1 unspecified atom stereocenters. The van der Waals surface area contributed by atoms with Gasteiger partial charge in [-0.15, -0.1) is 0 Å². The van der Waals surface area contributed by atoms with Crippen molar-refractivity contribution in [2.45, 2.75) is 57.5 Å². The average molecular weight is 340 g/mol. The second-order valence-corrected chi connectivity index (χ2v) is 12.8. The topological polar surface area (TPSA) is 44.5 Å². The number of benzene rings is 1. The van der Waals surface area contributed by atoms with Crippen LogP contribution in [0.3, 0.4) is 0 Å². The minimum Gasteiger partial charge on any atom is -0.411 e. The van der Waals surface area contributed by atoms with E-state index in [4.69, 9.17) is 14.9 Å². The lowest BCUT2D eigenvalue weighted by molar-refractivity contribution is 0.121. The quantitative estimate of drug-likeness (QED) is 0.831. The molecule has 1 fully saturated rings. The molecule has 1 aromatic carbocycles. The Labute approximate surface area is 140 Å². The second-order valence-electron chi connectivity index (χ2n) is 8.08. The number of rotatable bonds is 5. The zero-order valence-electron chi connectivity index (χ0n) is 14.9. The molecule has 5 heteroatoms. The molecule has 0 amide bonds. The van der Waals surface area contributed by atoms with E-state index in [0.717, 1.165) is 0 Å². The summed E-state index contributed by atoms with van der Waals surface area (Å²) in [6.07, 6.45) is 0.524. The van der Waals surface area contributed by atoms with Crippen LogP contribution < -0.4 is 5.73 Å². The van der Waals surface area contributed by atoms with Crippen LogP contribution in [0.1, 0.15) is 26.3 Å². The van der Waals surface area contributed by atoms with Crippen molar-refractivity contribution in [3.63, 3.8) is 0 Å². The Hall–Kier alpha value is -0.753. The van der Waals surface area contributed by atoms with Gasteiger partial charge in [0.05, 0.1) is 19.3 Å². The van der Waals surface area contributed by atoms with Crippen LogP contribution in [-0.4, -0.2) is 33.7 Å². The van der Waals surface area contributed by atoms with Gasteiger partial charge in [-0.1, -0.05) is 39.0 Å². The molecular formula is C18H30FNO2Si. The summed E-state index contributed by atoms with van der Waals surface area (Å²) in [5, 5.41) is 0.149. The van der Waals surface area contributed by atoms with Gasteiger partial charge in [-0.05, 0) is 36.2 Å². The lowest BCUT2D eigenvalue weighted by Gasteiger charge is -2.40. The molecule has 0 radical (unpaired) electrons. The summed E-state index contributed by atoms with van der Waals surface area (Å²) in [6, 6.07) is 6.67. The number of nitrogens with two attached hydrogens (primary N) is 1. The van der Waals surface area contributed by atoms with Crippen LogP contribution in [-0.2, 0) is 15.6 Å². The van der Waals surface area contributed by atoms with E-state index in [1.165, 1.54) is 6.07 Å². The average Bonchev–Trinajstić information content (AvgIpc) is 2.87. The fourth-order valence-corrected chi connectivity index (χ4v) is 4.05. The van der Waals surface area contributed by atoms with Crippen LogP contribution in [0.4, 0.5) is 4.39 Å². The van der Waals surface area contributed by atoms with Gasteiger partial charge >= 0.3 is 0 Å². The summed E-state index contributed by atoms with van der Waals surface area (Å²) in [7, 11) is -1.87. The molecular weight excluding hydrogens is 309 g/mol. The molecule has 1 aromatic rings. The maximum absolute atomic E-state index is 13.9. The maximum atomic E-state index is 13.9. The Morgan fingerprint density at radius 1 is 1.30 bits per heavy atom. The van der Waals surface area contributed by atoms with Crippen molar-refractivity contribution >= 4 is 8.32 Å². The first-order valence-corrected chi connectivity index (χ1v) is 11.3. The number of hydrogen-bond acceptors (Lipinski definition) is 3. The van der Waals surface area contributed by atoms with Gasteiger partial charge in [-0.3, -0.25) is 0 Å². The molecule has 1 aliphatic heterocycles. The Bertz CT molecular complexity index is 530. The van der Waals surface area contributed by atoms with E-state index in [1.807, 2.05) is 6.07 Å². The van der Waals surface area contributed by atoms with E-state index in [-0.39, 0.29) is 28.9 Å². The first-order valence-electron chi connectivity index (χ1n) is 8.36. The van der Waals surface area contributed by atoms with Crippen LogP contribution >= 0.6 is 0 Å². The van der Waals surface area contributed by atoms with Gasteiger partial charge in [0.15, 0.2) is 8.32 Å². The summed E-state index contributed by atoms with van der Waals surface area (Å²) >= 11 is 0. The third kappa shape index (κ3) is 4.41.